The lowest BCUT2D eigenvalue weighted by Gasteiger charge is -2.24. The van der Waals surface area contributed by atoms with Crippen molar-refractivity contribution in [2.45, 2.75) is 89.1 Å². The monoisotopic (exact) mass is 1150 g/mol. The molecule has 4 aliphatic rings. The summed E-state index contributed by atoms with van der Waals surface area (Å²) in [5, 5.41) is 12.0. The van der Waals surface area contributed by atoms with E-state index < -0.39 is 38.2 Å². The standard InChI is InChI=1S/C32H40N4O6S.C28H31N3O6S/c1-34(2)43(39,40)33-31(37)22-11-13-27-28(19-22)36-20-24(32(38)35(3)15-16-41-4)17-23-18-25(42-5)12-14-26(23)30(36)29(27)21-9-7-6-8-10-21;1-30(2)38(35,36)29-27(32)18-9-11-23-24(15-18)31-16-20(28(33)34)13-19-14-21(37-3)10-12-22(19)26(31)25(23)17-7-5-4-6-8-17/h11-14,17-19,21H,6-10,15-16,20H2,1-5H3,(H,33,37);9-15,17H,4-8,16H2,1-3H3,(H,29,32)(H,33,34). The van der Waals surface area contributed by atoms with Crippen LogP contribution in [0.15, 0.2) is 83.9 Å². The minimum Gasteiger partial charge on any atom is -0.497 e. The SMILES string of the molecule is COCCN(C)C(=O)C1=Cc2cc(OC)ccc2-c2c(C3CCCCC3)c3ccc(C(=O)NS(=O)(=O)N(C)C)cc3n2C1.COc1ccc2c(c1)C=C(C(=O)O)Cn1c-2c(C2CCCCC2)c2ccc(C(=O)NS(=O)(=O)N(C)C)cc21. The number of benzene rings is 4. The predicted octanol–water partition coefficient (Wildman–Crippen LogP) is 8.79. The average Bonchev–Trinajstić information content (AvgIpc) is 3.46. The zero-order valence-electron chi connectivity index (χ0n) is 47.1. The Bertz CT molecular complexity index is 3750. The normalized spacial score (nSPS) is 15.7. The van der Waals surface area contributed by atoms with E-state index in [0.717, 1.165) is 115 Å². The highest BCUT2D eigenvalue weighted by Gasteiger charge is 2.34. The van der Waals surface area contributed by atoms with Gasteiger partial charge < -0.3 is 33.4 Å². The highest BCUT2D eigenvalue weighted by molar-refractivity contribution is 7.88. The lowest BCUT2D eigenvalue weighted by atomic mass is 9.81. The van der Waals surface area contributed by atoms with Crippen molar-refractivity contribution >= 4 is 78.1 Å². The number of nitrogens with one attached hydrogen (secondary N) is 2. The number of hydrogen-bond acceptors (Lipinski definition) is 11. The summed E-state index contributed by atoms with van der Waals surface area (Å²) in [5.74, 6) is -0.674. The Labute approximate surface area is 473 Å². The number of fused-ring (bicyclic) bond motifs is 10. The number of amides is 3. The van der Waals surface area contributed by atoms with Gasteiger partial charge in [0, 0.05) is 98.5 Å². The summed E-state index contributed by atoms with van der Waals surface area (Å²) in [6.45, 7) is 1.24. The van der Waals surface area contributed by atoms with Crippen LogP contribution in [0.1, 0.15) is 119 Å². The molecular weight excluding hydrogens is 1070 g/mol. The summed E-state index contributed by atoms with van der Waals surface area (Å²) in [7, 11) is 4.03. The van der Waals surface area contributed by atoms with E-state index in [9.17, 15) is 41.1 Å². The molecule has 19 nitrogen and oxygen atoms in total. The molecule has 81 heavy (non-hydrogen) atoms. The number of likely N-dealkylation sites (N-methyl/N-ethyl adjacent to an activating group) is 1. The Morgan fingerprint density at radius 3 is 1.40 bits per heavy atom. The molecule has 2 fully saturated rings. The highest BCUT2D eigenvalue weighted by Crippen LogP contribution is 2.49. The van der Waals surface area contributed by atoms with Crippen molar-refractivity contribution in [1.29, 1.82) is 0 Å². The van der Waals surface area contributed by atoms with Gasteiger partial charge in [-0.25, -0.2) is 14.2 Å². The van der Waals surface area contributed by atoms with Crippen LogP contribution in [0.2, 0.25) is 0 Å². The number of aromatic nitrogens is 2. The second-order valence-corrected chi connectivity index (χ2v) is 25.3. The summed E-state index contributed by atoms with van der Waals surface area (Å²) >= 11 is 0. The van der Waals surface area contributed by atoms with Crippen LogP contribution in [0.5, 0.6) is 11.5 Å². The third-order valence-electron chi connectivity index (χ3n) is 16.0. The maximum Gasteiger partial charge on any atom is 0.333 e. The van der Waals surface area contributed by atoms with Crippen molar-refractivity contribution in [2.75, 3.05) is 69.7 Å². The van der Waals surface area contributed by atoms with Gasteiger partial charge in [-0.2, -0.15) is 25.4 Å². The zero-order chi connectivity index (χ0) is 58.1. The molecule has 4 aromatic carbocycles. The fourth-order valence-corrected chi connectivity index (χ4v) is 12.8. The van der Waals surface area contributed by atoms with Crippen molar-refractivity contribution in [1.82, 2.24) is 32.1 Å². The van der Waals surface area contributed by atoms with Crippen LogP contribution in [0.4, 0.5) is 0 Å². The quantitative estimate of drug-likeness (QED) is 0.0877. The molecule has 0 unspecified atom stereocenters. The molecule has 6 aromatic rings. The number of carboxylic acid groups (broad SMARTS) is 1. The van der Waals surface area contributed by atoms with Crippen molar-refractivity contribution in [2.24, 2.45) is 0 Å². The van der Waals surface area contributed by atoms with Crippen LogP contribution in [-0.2, 0) is 47.8 Å². The summed E-state index contributed by atoms with van der Waals surface area (Å²) < 4.78 is 75.8. The van der Waals surface area contributed by atoms with Crippen LogP contribution < -0.4 is 18.9 Å². The van der Waals surface area contributed by atoms with E-state index in [1.54, 1.807) is 63.6 Å². The summed E-state index contributed by atoms with van der Waals surface area (Å²) in [5.41, 5.74) is 10.5. The summed E-state index contributed by atoms with van der Waals surface area (Å²) in [4.78, 5) is 53.8. The minimum atomic E-state index is -3.97. The number of methoxy groups -OCH3 is 3. The fourth-order valence-electron chi connectivity index (χ4n) is 11.7. The minimum absolute atomic E-state index is 0.103. The van der Waals surface area contributed by atoms with E-state index >= 15 is 0 Å². The van der Waals surface area contributed by atoms with Gasteiger partial charge in [0.25, 0.3) is 17.7 Å². The second-order valence-electron chi connectivity index (χ2n) is 21.5. The molecule has 4 heterocycles. The van der Waals surface area contributed by atoms with Crippen LogP contribution in [0, 0.1) is 0 Å². The van der Waals surface area contributed by atoms with Gasteiger partial charge in [-0.05, 0) is 133 Å². The third kappa shape index (κ3) is 11.9. The lowest BCUT2D eigenvalue weighted by Crippen LogP contribution is -2.39. The molecule has 430 valence electrons. The molecule has 0 radical (unpaired) electrons. The number of rotatable bonds is 15. The molecule has 21 heteroatoms. The highest BCUT2D eigenvalue weighted by atomic mass is 32.2. The first kappa shape index (κ1) is 58.4. The van der Waals surface area contributed by atoms with Gasteiger partial charge in [0.2, 0.25) is 0 Å². The van der Waals surface area contributed by atoms with Crippen molar-refractivity contribution in [3.8, 4) is 34.0 Å². The first-order chi connectivity index (χ1) is 38.7. The van der Waals surface area contributed by atoms with Crippen molar-refractivity contribution in [3.63, 3.8) is 0 Å². The van der Waals surface area contributed by atoms with Crippen molar-refractivity contribution < 1.29 is 55.3 Å². The molecule has 0 atom stereocenters. The maximum absolute atomic E-state index is 13.8. The van der Waals surface area contributed by atoms with Gasteiger partial charge in [-0.3, -0.25) is 14.4 Å². The van der Waals surface area contributed by atoms with E-state index in [1.807, 2.05) is 59.2 Å². The van der Waals surface area contributed by atoms with Gasteiger partial charge >= 0.3 is 26.4 Å². The van der Waals surface area contributed by atoms with Crippen LogP contribution in [-0.4, -0.2) is 138 Å². The molecule has 2 aliphatic heterocycles. The second kappa shape index (κ2) is 24.0. The van der Waals surface area contributed by atoms with E-state index in [4.69, 9.17) is 14.2 Å². The summed E-state index contributed by atoms with van der Waals surface area (Å²) in [6, 6.07) is 22.1. The van der Waals surface area contributed by atoms with Crippen LogP contribution in [0.3, 0.4) is 0 Å². The Balaban J connectivity index is 0.000000197. The largest absolute Gasteiger partial charge is 0.497 e. The Morgan fingerprint density at radius 1 is 0.580 bits per heavy atom. The first-order valence-corrected chi connectivity index (χ1v) is 30.1. The topological polar surface area (TPSA) is 228 Å². The molecule has 3 amide bonds. The average molecular weight is 1150 g/mol. The molecule has 0 bridgehead atoms. The van der Waals surface area contributed by atoms with Crippen LogP contribution >= 0.6 is 0 Å². The van der Waals surface area contributed by atoms with Gasteiger partial charge in [0.15, 0.2) is 0 Å². The van der Waals surface area contributed by atoms with Crippen molar-refractivity contribution in [3.05, 3.63) is 117 Å². The number of carbonyl (C=O) groups is 4. The van der Waals surface area contributed by atoms with Gasteiger partial charge in [0.1, 0.15) is 11.5 Å². The number of carbonyl (C=O) groups excluding carboxylic acids is 3. The molecular formula is C60H71N7O12S2. The third-order valence-corrected chi connectivity index (χ3v) is 18.8. The molecule has 0 saturated heterocycles. The summed E-state index contributed by atoms with van der Waals surface area (Å²) in [6.07, 6.45) is 14.7. The van der Waals surface area contributed by atoms with Gasteiger partial charge in [0.05, 0.1) is 50.9 Å². The predicted molar refractivity (Wildman–Crippen MR) is 313 cm³/mol. The number of hydrogen-bond donors (Lipinski definition) is 3. The number of carboxylic acids is 1. The van der Waals surface area contributed by atoms with Gasteiger partial charge in [-0.1, -0.05) is 50.7 Å². The molecule has 2 saturated carbocycles. The Hall–Kier alpha value is -7.30. The zero-order valence-corrected chi connectivity index (χ0v) is 48.8. The van der Waals surface area contributed by atoms with E-state index in [0.29, 0.717) is 41.7 Å². The number of nitrogens with zero attached hydrogens (tertiary/aromatic N) is 5. The van der Waals surface area contributed by atoms with Gasteiger partial charge in [-0.15, -0.1) is 0 Å². The number of ether oxygens (including phenoxy) is 3. The molecule has 10 rings (SSSR count). The van der Waals surface area contributed by atoms with Crippen LogP contribution in [0.25, 0.3) is 56.5 Å². The molecule has 0 spiro atoms. The maximum atomic E-state index is 13.8. The van der Waals surface area contributed by atoms with E-state index in [-0.39, 0.29) is 41.6 Å². The van der Waals surface area contributed by atoms with E-state index in [2.05, 4.69) is 14.0 Å². The Morgan fingerprint density at radius 2 is 1.00 bits per heavy atom. The molecule has 3 N–H and O–H groups in total. The number of aliphatic carboxylic acids is 1. The molecule has 2 aromatic heterocycles. The first-order valence-electron chi connectivity index (χ1n) is 27.2. The lowest BCUT2D eigenvalue weighted by molar-refractivity contribution is -0.132. The smallest absolute Gasteiger partial charge is 0.333 e. The fraction of sp³-hybridized carbons (Fsp3) is 0.400. The Kier molecular flexibility index (Phi) is 17.3. The molecule has 2 aliphatic carbocycles. The van der Waals surface area contributed by atoms with E-state index in [1.165, 1.54) is 46.6 Å².